The van der Waals surface area contributed by atoms with Crippen molar-refractivity contribution in [1.29, 1.82) is 5.26 Å². The molecule has 0 radical (unpaired) electrons. The van der Waals surface area contributed by atoms with Crippen LogP contribution in [0.1, 0.15) is 49.3 Å². The van der Waals surface area contributed by atoms with Gasteiger partial charge in [0.1, 0.15) is 0 Å². The molecule has 1 aliphatic carbocycles. The van der Waals surface area contributed by atoms with Crippen LogP contribution < -0.4 is 0 Å². The summed E-state index contributed by atoms with van der Waals surface area (Å²) in [6.07, 6.45) is 11.1. The van der Waals surface area contributed by atoms with E-state index in [9.17, 15) is 0 Å². The maximum Gasteiger partial charge on any atom is 0.0669 e. The maximum absolute atomic E-state index is 8.78. The summed E-state index contributed by atoms with van der Waals surface area (Å²) in [7, 11) is 0. The Kier molecular flexibility index (Phi) is 4.06. The minimum absolute atomic E-state index is 0.475. The molecule has 1 fully saturated rings. The lowest BCUT2D eigenvalue weighted by Gasteiger charge is -2.21. The predicted octanol–water partition coefficient (Wildman–Crippen LogP) is 4.43. The van der Waals surface area contributed by atoms with Gasteiger partial charge in [-0.05, 0) is 36.5 Å². The molecule has 2 aromatic rings. The van der Waals surface area contributed by atoms with Crippen molar-refractivity contribution in [2.45, 2.75) is 51.5 Å². The topological polar surface area (TPSA) is 41.6 Å². The van der Waals surface area contributed by atoms with E-state index in [1.165, 1.54) is 48.8 Å². The first-order valence-electron chi connectivity index (χ1n) is 7.79. The Morgan fingerprint density at radius 1 is 1.29 bits per heavy atom. The average Bonchev–Trinajstić information content (AvgIpc) is 2.98. The molecule has 1 aromatic carbocycles. The zero-order valence-corrected chi connectivity index (χ0v) is 12.5. The fourth-order valence-electron chi connectivity index (χ4n) is 3.27. The Bertz CT molecular complexity index is 657. The first-order valence-corrected chi connectivity index (χ1v) is 7.79. The molecule has 0 aliphatic heterocycles. The molecule has 0 bridgehead atoms. The van der Waals surface area contributed by atoms with Crippen LogP contribution in [-0.2, 0) is 6.42 Å². The summed E-state index contributed by atoms with van der Waals surface area (Å²) in [6.45, 7) is 2.11. The Balaban J connectivity index is 1.84. The van der Waals surface area contributed by atoms with Crippen LogP contribution in [0.3, 0.4) is 0 Å². The summed E-state index contributed by atoms with van der Waals surface area (Å²) < 4.78 is 2.15. The third-order valence-electron chi connectivity index (χ3n) is 4.44. The highest BCUT2D eigenvalue weighted by Crippen LogP contribution is 2.30. The van der Waals surface area contributed by atoms with E-state index in [4.69, 9.17) is 5.26 Å². The van der Waals surface area contributed by atoms with E-state index in [1.54, 1.807) is 0 Å². The molecular formula is C18H21N3. The lowest BCUT2D eigenvalue weighted by Crippen LogP contribution is -2.12. The summed E-state index contributed by atoms with van der Waals surface area (Å²) in [5, 5.41) is 13.4. The van der Waals surface area contributed by atoms with E-state index in [1.807, 2.05) is 12.3 Å². The van der Waals surface area contributed by atoms with E-state index in [2.05, 4.69) is 41.1 Å². The van der Waals surface area contributed by atoms with E-state index < -0.39 is 0 Å². The number of benzene rings is 1. The Labute approximate surface area is 126 Å². The molecule has 1 heterocycles. The maximum atomic E-state index is 8.78. The molecule has 1 aliphatic rings. The van der Waals surface area contributed by atoms with Gasteiger partial charge < -0.3 is 0 Å². The van der Waals surface area contributed by atoms with Crippen LogP contribution in [0.15, 0.2) is 30.6 Å². The highest BCUT2D eigenvalue weighted by atomic mass is 15.3. The molecule has 0 atom stereocenters. The second-order valence-electron chi connectivity index (χ2n) is 5.99. The van der Waals surface area contributed by atoms with Crippen molar-refractivity contribution in [2.75, 3.05) is 0 Å². The fourth-order valence-corrected chi connectivity index (χ4v) is 3.27. The van der Waals surface area contributed by atoms with Crippen LogP contribution in [-0.4, -0.2) is 9.78 Å². The largest absolute Gasteiger partial charge is 0.269 e. The number of rotatable bonds is 3. The second-order valence-corrected chi connectivity index (χ2v) is 5.99. The Morgan fingerprint density at radius 3 is 2.81 bits per heavy atom. The van der Waals surface area contributed by atoms with Crippen LogP contribution in [0.25, 0.3) is 11.1 Å². The van der Waals surface area contributed by atoms with Gasteiger partial charge in [0.15, 0.2) is 0 Å². The standard InChI is InChI=1S/C18H21N3/c1-14-11-15(9-10-19)7-8-18(14)16-12-20-21(13-16)17-5-3-2-4-6-17/h7-8,11-13,17H,2-6,9H2,1H3. The van der Waals surface area contributed by atoms with Crippen molar-refractivity contribution >= 4 is 0 Å². The van der Waals surface area contributed by atoms with Crippen molar-refractivity contribution in [1.82, 2.24) is 9.78 Å². The zero-order chi connectivity index (χ0) is 14.7. The number of hydrogen-bond donors (Lipinski definition) is 0. The number of nitriles is 1. The van der Waals surface area contributed by atoms with Crippen molar-refractivity contribution in [3.63, 3.8) is 0 Å². The van der Waals surface area contributed by atoms with E-state index in [-0.39, 0.29) is 0 Å². The van der Waals surface area contributed by atoms with Crippen molar-refractivity contribution in [2.24, 2.45) is 0 Å². The molecule has 0 unspecified atom stereocenters. The number of nitrogens with zero attached hydrogens (tertiary/aromatic N) is 3. The van der Waals surface area contributed by atoms with Crippen LogP contribution in [0.4, 0.5) is 0 Å². The second kappa shape index (κ2) is 6.13. The lowest BCUT2D eigenvalue weighted by atomic mass is 9.95. The molecule has 3 heteroatoms. The lowest BCUT2D eigenvalue weighted by molar-refractivity contribution is 0.329. The summed E-state index contributed by atoms with van der Waals surface area (Å²) in [5.74, 6) is 0. The molecule has 1 saturated carbocycles. The Morgan fingerprint density at radius 2 is 2.10 bits per heavy atom. The van der Waals surface area contributed by atoms with Crippen molar-refractivity contribution in [3.05, 3.63) is 41.7 Å². The molecule has 108 valence electrons. The number of aryl methyl sites for hydroxylation is 1. The predicted molar refractivity (Wildman–Crippen MR) is 83.8 cm³/mol. The third kappa shape index (κ3) is 3.00. The molecule has 1 aromatic heterocycles. The molecule has 0 saturated heterocycles. The quantitative estimate of drug-likeness (QED) is 0.834. The molecular weight excluding hydrogens is 258 g/mol. The summed E-state index contributed by atoms with van der Waals surface area (Å²) in [4.78, 5) is 0. The van der Waals surface area contributed by atoms with Crippen molar-refractivity contribution < 1.29 is 0 Å². The van der Waals surface area contributed by atoms with Gasteiger partial charge in [0, 0.05) is 11.8 Å². The van der Waals surface area contributed by atoms with Crippen LogP contribution in [0.2, 0.25) is 0 Å². The molecule has 0 amide bonds. The van der Waals surface area contributed by atoms with Crippen molar-refractivity contribution in [3.8, 4) is 17.2 Å². The van der Waals surface area contributed by atoms with Gasteiger partial charge in [0.05, 0.1) is 24.7 Å². The molecule has 0 N–H and O–H groups in total. The SMILES string of the molecule is Cc1cc(CC#N)ccc1-c1cnn(C2CCCCC2)c1. The van der Waals surface area contributed by atoms with Gasteiger partial charge in [-0.3, -0.25) is 4.68 Å². The van der Waals surface area contributed by atoms with Gasteiger partial charge in [-0.15, -0.1) is 0 Å². The van der Waals surface area contributed by atoms with E-state index >= 15 is 0 Å². The van der Waals surface area contributed by atoms with E-state index in [0.29, 0.717) is 12.5 Å². The number of aromatic nitrogens is 2. The highest BCUT2D eigenvalue weighted by molar-refractivity contribution is 5.66. The van der Waals surface area contributed by atoms with Gasteiger partial charge in [-0.1, -0.05) is 37.5 Å². The summed E-state index contributed by atoms with van der Waals surface area (Å²) >= 11 is 0. The summed E-state index contributed by atoms with van der Waals surface area (Å²) in [5.41, 5.74) is 4.70. The highest BCUT2D eigenvalue weighted by Gasteiger charge is 2.16. The van der Waals surface area contributed by atoms with Gasteiger partial charge in [-0.2, -0.15) is 10.4 Å². The summed E-state index contributed by atoms with van der Waals surface area (Å²) in [6, 6.07) is 9.04. The van der Waals surface area contributed by atoms with Gasteiger partial charge in [-0.25, -0.2) is 0 Å². The minimum Gasteiger partial charge on any atom is -0.269 e. The van der Waals surface area contributed by atoms with Gasteiger partial charge >= 0.3 is 0 Å². The molecule has 21 heavy (non-hydrogen) atoms. The van der Waals surface area contributed by atoms with Crippen LogP contribution in [0, 0.1) is 18.3 Å². The van der Waals surface area contributed by atoms with Gasteiger partial charge in [0.25, 0.3) is 0 Å². The number of hydrogen-bond acceptors (Lipinski definition) is 2. The third-order valence-corrected chi connectivity index (χ3v) is 4.44. The Hall–Kier alpha value is -2.08. The molecule has 0 spiro atoms. The first-order chi connectivity index (χ1) is 10.3. The zero-order valence-electron chi connectivity index (χ0n) is 12.5. The van der Waals surface area contributed by atoms with Crippen LogP contribution >= 0.6 is 0 Å². The van der Waals surface area contributed by atoms with Crippen LogP contribution in [0.5, 0.6) is 0 Å². The molecule has 3 rings (SSSR count). The smallest absolute Gasteiger partial charge is 0.0669 e. The molecule has 3 nitrogen and oxygen atoms in total. The fraction of sp³-hybridized carbons (Fsp3) is 0.444. The first kappa shape index (κ1) is 13.9. The monoisotopic (exact) mass is 279 g/mol. The van der Waals surface area contributed by atoms with Gasteiger partial charge in [0.2, 0.25) is 0 Å². The average molecular weight is 279 g/mol. The minimum atomic E-state index is 0.475. The van der Waals surface area contributed by atoms with E-state index in [0.717, 1.165) is 5.56 Å². The normalized spacial score (nSPS) is 15.8.